The Balaban J connectivity index is 1.23. The van der Waals surface area contributed by atoms with Gasteiger partial charge in [-0.05, 0) is 55.0 Å². The Bertz CT molecular complexity index is 1750. The standard InChI is InChI=1S/C28H24N6O4/c1-15-20(16(2)35)5-6-22-21(15)7-8-23(22)32-27(37)25-10-24(33-28-30-14-31-34(25)28)26(36)29-11-17-3-4-18-12-38-13-19(18)9-17/h3-6,9-10,12-14,23H,7-8,11H2,1-2H3,(H,29,36)(H,32,37)/t23-/m0/s1. The largest absolute Gasteiger partial charge is 0.471 e. The molecule has 6 rings (SSSR count). The van der Waals surface area contributed by atoms with Crippen molar-refractivity contribution < 1.29 is 18.8 Å². The molecule has 2 amide bonds. The number of nitrogens with zero attached hydrogens (tertiary/aromatic N) is 4. The summed E-state index contributed by atoms with van der Waals surface area (Å²) in [7, 11) is 0. The second-order valence-corrected chi connectivity index (χ2v) is 9.44. The predicted molar refractivity (Wildman–Crippen MR) is 138 cm³/mol. The Hall–Kier alpha value is -4.86. The first-order valence-corrected chi connectivity index (χ1v) is 12.3. The van der Waals surface area contributed by atoms with Gasteiger partial charge in [-0.15, -0.1) is 0 Å². The molecule has 2 N–H and O–H groups in total. The number of carbonyl (C=O) groups is 3. The molecular weight excluding hydrogens is 484 g/mol. The first-order valence-electron chi connectivity index (χ1n) is 12.3. The minimum absolute atomic E-state index is 0.0241. The van der Waals surface area contributed by atoms with Gasteiger partial charge in [-0.25, -0.2) is 4.98 Å². The van der Waals surface area contributed by atoms with Crippen molar-refractivity contribution in [3.8, 4) is 0 Å². The Morgan fingerprint density at radius 2 is 1.92 bits per heavy atom. The highest BCUT2D eigenvalue weighted by molar-refractivity contribution is 5.98. The molecule has 10 heteroatoms. The van der Waals surface area contributed by atoms with E-state index in [1.807, 2.05) is 37.3 Å². The van der Waals surface area contributed by atoms with Crippen LogP contribution in [0.4, 0.5) is 0 Å². The molecule has 0 aliphatic heterocycles. The number of fused-ring (bicyclic) bond motifs is 3. The van der Waals surface area contributed by atoms with Gasteiger partial charge in [0.2, 0.25) is 0 Å². The van der Waals surface area contributed by atoms with Crippen LogP contribution in [0, 0.1) is 6.92 Å². The Morgan fingerprint density at radius 3 is 2.76 bits per heavy atom. The van der Waals surface area contributed by atoms with Gasteiger partial charge in [-0.3, -0.25) is 14.4 Å². The molecule has 3 aromatic heterocycles. The van der Waals surface area contributed by atoms with Crippen LogP contribution in [-0.2, 0) is 13.0 Å². The van der Waals surface area contributed by atoms with Gasteiger partial charge >= 0.3 is 0 Å². The van der Waals surface area contributed by atoms with Crippen molar-refractivity contribution in [3.63, 3.8) is 0 Å². The molecule has 0 radical (unpaired) electrons. The number of rotatable bonds is 6. The monoisotopic (exact) mass is 508 g/mol. The van der Waals surface area contributed by atoms with E-state index in [1.54, 1.807) is 19.5 Å². The molecule has 1 aliphatic rings. The van der Waals surface area contributed by atoms with Crippen LogP contribution >= 0.6 is 0 Å². The zero-order chi connectivity index (χ0) is 26.4. The molecule has 190 valence electrons. The maximum atomic E-state index is 13.4. The lowest BCUT2D eigenvalue weighted by atomic mass is 9.96. The van der Waals surface area contributed by atoms with Crippen LogP contribution in [0.15, 0.2) is 59.7 Å². The fourth-order valence-electron chi connectivity index (χ4n) is 5.13. The SMILES string of the molecule is CC(=O)c1ccc2c(c1C)CC[C@@H]2NC(=O)c1cc(C(=O)NCc2ccc3cocc3c2)nc2ncnn12. The number of carbonyl (C=O) groups excluding carboxylic acids is 3. The number of ketones is 1. The summed E-state index contributed by atoms with van der Waals surface area (Å²) in [5, 5.41) is 12.0. The number of hydrogen-bond acceptors (Lipinski definition) is 7. The number of hydrogen-bond donors (Lipinski definition) is 2. The van der Waals surface area contributed by atoms with Crippen LogP contribution in [0.25, 0.3) is 16.6 Å². The average Bonchev–Trinajstić information content (AvgIpc) is 3.66. The number of benzene rings is 2. The first kappa shape index (κ1) is 23.5. The van der Waals surface area contributed by atoms with E-state index in [4.69, 9.17) is 4.42 Å². The molecule has 0 unspecified atom stereocenters. The summed E-state index contributed by atoms with van der Waals surface area (Å²) in [4.78, 5) is 46.7. The van der Waals surface area contributed by atoms with E-state index in [0.717, 1.165) is 39.4 Å². The topological polar surface area (TPSA) is 131 Å². The highest BCUT2D eigenvalue weighted by Gasteiger charge is 2.28. The second kappa shape index (κ2) is 9.22. The van der Waals surface area contributed by atoms with Crippen molar-refractivity contribution in [2.75, 3.05) is 0 Å². The van der Waals surface area contributed by atoms with Gasteiger partial charge in [-0.2, -0.15) is 14.6 Å². The lowest BCUT2D eigenvalue weighted by Crippen LogP contribution is -2.30. The van der Waals surface area contributed by atoms with E-state index >= 15 is 0 Å². The summed E-state index contributed by atoms with van der Waals surface area (Å²) in [6.07, 6.45) is 6.08. The summed E-state index contributed by atoms with van der Waals surface area (Å²) >= 11 is 0. The van der Waals surface area contributed by atoms with Crippen LogP contribution in [0.1, 0.15) is 73.0 Å². The van der Waals surface area contributed by atoms with Crippen molar-refractivity contribution in [3.05, 3.63) is 94.5 Å². The average molecular weight is 509 g/mol. The van der Waals surface area contributed by atoms with Crippen LogP contribution in [0.3, 0.4) is 0 Å². The van der Waals surface area contributed by atoms with Gasteiger partial charge < -0.3 is 15.1 Å². The first-order chi connectivity index (χ1) is 18.4. The number of amides is 2. The molecular formula is C28H24N6O4. The van der Waals surface area contributed by atoms with Gasteiger partial charge in [0.15, 0.2) is 5.78 Å². The van der Waals surface area contributed by atoms with Gasteiger partial charge in [0.25, 0.3) is 17.6 Å². The van der Waals surface area contributed by atoms with Crippen molar-refractivity contribution >= 4 is 34.1 Å². The predicted octanol–water partition coefficient (Wildman–Crippen LogP) is 3.73. The number of Topliss-reactive ketones (excluding diaryl/α,β-unsaturated/α-hetero) is 1. The molecule has 2 aromatic carbocycles. The lowest BCUT2D eigenvalue weighted by molar-refractivity contribution is 0.0927. The van der Waals surface area contributed by atoms with Crippen LogP contribution < -0.4 is 10.6 Å². The molecule has 0 fully saturated rings. The quantitative estimate of drug-likeness (QED) is 0.334. The highest BCUT2D eigenvalue weighted by Crippen LogP contribution is 2.35. The summed E-state index contributed by atoms with van der Waals surface area (Å²) in [5.74, 6) is -0.656. The molecule has 3 heterocycles. The second-order valence-electron chi connectivity index (χ2n) is 9.44. The van der Waals surface area contributed by atoms with Crippen LogP contribution in [-0.4, -0.2) is 37.2 Å². The zero-order valence-electron chi connectivity index (χ0n) is 20.8. The lowest BCUT2D eigenvalue weighted by Gasteiger charge is -2.16. The summed E-state index contributed by atoms with van der Waals surface area (Å²) in [6, 6.07) is 10.7. The Labute approximate surface area is 217 Å². The van der Waals surface area contributed by atoms with Gasteiger partial charge in [-0.1, -0.05) is 24.3 Å². The van der Waals surface area contributed by atoms with Crippen molar-refractivity contribution in [1.29, 1.82) is 0 Å². The van der Waals surface area contributed by atoms with Gasteiger partial charge in [0.1, 0.15) is 17.7 Å². The summed E-state index contributed by atoms with van der Waals surface area (Å²) < 4.78 is 6.53. The minimum atomic E-state index is -0.435. The molecule has 0 bridgehead atoms. The van der Waals surface area contributed by atoms with Crippen LogP contribution in [0.5, 0.6) is 0 Å². The molecule has 0 saturated carbocycles. The molecule has 10 nitrogen and oxygen atoms in total. The summed E-state index contributed by atoms with van der Waals surface area (Å²) in [6.45, 7) is 3.78. The molecule has 5 aromatic rings. The molecule has 38 heavy (non-hydrogen) atoms. The van der Waals surface area contributed by atoms with E-state index in [-0.39, 0.29) is 35.5 Å². The smallest absolute Gasteiger partial charge is 0.270 e. The third-order valence-corrected chi connectivity index (χ3v) is 7.09. The number of furan rings is 1. The van der Waals surface area contributed by atoms with E-state index in [1.165, 1.54) is 16.9 Å². The fourth-order valence-corrected chi connectivity index (χ4v) is 5.13. The Morgan fingerprint density at radius 1 is 1.08 bits per heavy atom. The molecule has 0 saturated heterocycles. The van der Waals surface area contributed by atoms with Crippen molar-refractivity contribution in [2.45, 2.75) is 39.3 Å². The van der Waals surface area contributed by atoms with E-state index in [9.17, 15) is 14.4 Å². The van der Waals surface area contributed by atoms with Gasteiger partial charge in [0.05, 0.1) is 18.6 Å². The van der Waals surface area contributed by atoms with Crippen molar-refractivity contribution in [1.82, 2.24) is 30.2 Å². The molecule has 0 spiro atoms. The summed E-state index contributed by atoms with van der Waals surface area (Å²) in [5.41, 5.74) is 4.87. The van der Waals surface area contributed by atoms with E-state index in [2.05, 4.69) is 25.7 Å². The number of aromatic nitrogens is 4. The third-order valence-electron chi connectivity index (χ3n) is 7.09. The third kappa shape index (κ3) is 4.09. The molecule has 1 aliphatic carbocycles. The maximum Gasteiger partial charge on any atom is 0.270 e. The van der Waals surface area contributed by atoms with Gasteiger partial charge in [0, 0.05) is 28.9 Å². The Kier molecular flexibility index (Phi) is 5.71. The van der Waals surface area contributed by atoms with E-state index < -0.39 is 11.8 Å². The fraction of sp³-hybridized carbons (Fsp3) is 0.214. The van der Waals surface area contributed by atoms with E-state index in [0.29, 0.717) is 12.0 Å². The highest BCUT2D eigenvalue weighted by atomic mass is 16.3. The zero-order valence-corrected chi connectivity index (χ0v) is 20.8. The minimum Gasteiger partial charge on any atom is -0.471 e. The molecule has 1 atom stereocenters. The maximum absolute atomic E-state index is 13.4. The van der Waals surface area contributed by atoms with Crippen molar-refractivity contribution in [2.24, 2.45) is 0 Å². The normalized spacial score (nSPS) is 14.5. The van der Waals surface area contributed by atoms with Crippen LogP contribution in [0.2, 0.25) is 0 Å². The number of nitrogens with one attached hydrogen (secondary N) is 2.